The minimum absolute atomic E-state index is 0.527. The first kappa shape index (κ1) is 9.91. The monoisotopic (exact) mass is 211 g/mol. The van der Waals surface area contributed by atoms with Crippen molar-refractivity contribution in [3.63, 3.8) is 0 Å². The molecular weight excluding hydrogens is 197 g/mol. The summed E-state index contributed by atoms with van der Waals surface area (Å²) < 4.78 is 12.5. The Morgan fingerprint density at radius 1 is 1.36 bits per heavy atom. The van der Waals surface area contributed by atoms with Crippen LogP contribution in [0.2, 0.25) is 0 Å². The van der Waals surface area contributed by atoms with Crippen LogP contribution in [-0.2, 0) is 4.57 Å². The number of aliphatic hydroxyl groups excluding tert-OH is 1. The molecule has 1 aromatic carbocycles. The van der Waals surface area contributed by atoms with Crippen molar-refractivity contribution < 1.29 is 9.67 Å². The summed E-state index contributed by atoms with van der Waals surface area (Å²) in [5.74, 6) is -0.579. The van der Waals surface area contributed by atoms with Gasteiger partial charge >= 0.3 is 0 Å². The Balaban J connectivity index is 2.39. The molecule has 76 valence electrons. The van der Waals surface area contributed by atoms with E-state index in [4.69, 9.17) is 5.73 Å². The second kappa shape index (κ2) is 3.50. The molecule has 3 atom stereocenters. The maximum atomic E-state index is 12.5. The van der Waals surface area contributed by atoms with Crippen molar-refractivity contribution in [1.29, 1.82) is 0 Å². The Kier molecular flexibility index (Phi) is 2.48. The Bertz CT molecular complexity index is 366. The maximum Gasteiger partial charge on any atom is 0.134 e. The summed E-state index contributed by atoms with van der Waals surface area (Å²) in [7, 11) is -2.54. The first-order valence-corrected chi connectivity index (χ1v) is 6.69. The van der Waals surface area contributed by atoms with Gasteiger partial charge in [-0.05, 0) is 6.42 Å². The Morgan fingerprint density at radius 3 is 2.50 bits per heavy atom. The van der Waals surface area contributed by atoms with Crippen LogP contribution in [0.5, 0.6) is 0 Å². The number of hydrogen-bond acceptors (Lipinski definition) is 3. The number of nitrogens with two attached hydrogens (primary N) is 1. The van der Waals surface area contributed by atoms with Gasteiger partial charge in [0.05, 0.1) is 11.9 Å². The van der Waals surface area contributed by atoms with Gasteiger partial charge in [0.15, 0.2) is 0 Å². The molecule has 0 bridgehead atoms. The van der Waals surface area contributed by atoms with Crippen LogP contribution in [0.1, 0.15) is 6.42 Å². The molecule has 2 rings (SSSR count). The molecule has 3 N–H and O–H groups in total. The molecule has 0 spiro atoms. The lowest BCUT2D eigenvalue weighted by Gasteiger charge is -2.18. The highest BCUT2D eigenvalue weighted by molar-refractivity contribution is 7.72. The summed E-state index contributed by atoms with van der Waals surface area (Å²) in [4.78, 5) is 0. The van der Waals surface area contributed by atoms with Gasteiger partial charge in [-0.15, -0.1) is 0 Å². The van der Waals surface area contributed by atoms with Crippen LogP contribution in [0.25, 0.3) is 0 Å². The fourth-order valence-corrected chi connectivity index (χ4v) is 4.83. The Morgan fingerprint density at radius 2 is 2.00 bits per heavy atom. The van der Waals surface area contributed by atoms with Crippen LogP contribution in [0.4, 0.5) is 0 Å². The molecule has 1 aromatic rings. The van der Waals surface area contributed by atoms with Gasteiger partial charge in [0, 0.05) is 11.5 Å². The summed E-state index contributed by atoms with van der Waals surface area (Å²) in [5.41, 5.74) is 5.78. The highest BCUT2D eigenvalue weighted by atomic mass is 31.2. The van der Waals surface area contributed by atoms with Crippen LogP contribution in [-0.4, -0.2) is 23.2 Å². The zero-order valence-electron chi connectivity index (χ0n) is 7.84. The molecular formula is C10H14NO2P. The minimum Gasteiger partial charge on any atom is -0.391 e. The maximum absolute atomic E-state index is 12.5. The van der Waals surface area contributed by atoms with E-state index >= 15 is 0 Å². The van der Waals surface area contributed by atoms with Gasteiger partial charge in [-0.1, -0.05) is 30.3 Å². The highest BCUT2D eigenvalue weighted by Crippen LogP contribution is 2.54. The summed E-state index contributed by atoms with van der Waals surface area (Å²) in [6, 6.07) is 9.25. The molecule has 0 aliphatic carbocycles. The zero-order chi connectivity index (χ0) is 10.2. The van der Waals surface area contributed by atoms with E-state index in [1.54, 1.807) is 0 Å². The fraction of sp³-hybridized carbons (Fsp3) is 0.400. The zero-order valence-corrected chi connectivity index (χ0v) is 8.73. The van der Waals surface area contributed by atoms with Crippen LogP contribution in [0, 0.1) is 0 Å². The number of aliphatic hydroxyl groups is 1. The van der Waals surface area contributed by atoms with E-state index in [1.807, 2.05) is 30.3 Å². The van der Waals surface area contributed by atoms with Gasteiger partial charge in [-0.2, -0.15) is 0 Å². The van der Waals surface area contributed by atoms with Crippen molar-refractivity contribution in [1.82, 2.24) is 0 Å². The van der Waals surface area contributed by atoms with Crippen LogP contribution in [0.3, 0.4) is 0 Å². The summed E-state index contributed by atoms with van der Waals surface area (Å²) in [6.45, 7) is 0. The summed E-state index contributed by atoms with van der Waals surface area (Å²) >= 11 is 0. The van der Waals surface area contributed by atoms with E-state index in [9.17, 15) is 9.67 Å². The van der Waals surface area contributed by atoms with E-state index in [0.29, 0.717) is 12.6 Å². The van der Waals surface area contributed by atoms with Gasteiger partial charge in [0.25, 0.3) is 0 Å². The average Bonchev–Trinajstić information content (AvgIpc) is 2.49. The normalized spacial score (nSPS) is 37.3. The van der Waals surface area contributed by atoms with Crippen molar-refractivity contribution in [2.75, 3.05) is 6.16 Å². The van der Waals surface area contributed by atoms with Gasteiger partial charge in [-0.25, -0.2) is 0 Å². The molecule has 1 fully saturated rings. The predicted octanol–water partition coefficient (Wildman–Crippen LogP) is 0.724. The molecule has 0 amide bonds. The smallest absolute Gasteiger partial charge is 0.134 e. The summed E-state index contributed by atoms with van der Waals surface area (Å²) in [5, 5.41) is 10.3. The first-order valence-electron chi connectivity index (χ1n) is 4.72. The Hall–Kier alpha value is -0.630. The third kappa shape index (κ3) is 1.42. The summed E-state index contributed by atoms with van der Waals surface area (Å²) in [6.07, 6.45) is 0.466. The average molecular weight is 211 g/mol. The molecule has 14 heavy (non-hydrogen) atoms. The molecule has 3 nitrogen and oxygen atoms in total. The van der Waals surface area contributed by atoms with Gasteiger partial charge in [-0.3, -0.25) is 0 Å². The van der Waals surface area contributed by atoms with Crippen LogP contribution >= 0.6 is 7.14 Å². The second-order valence-electron chi connectivity index (χ2n) is 3.70. The van der Waals surface area contributed by atoms with Crippen molar-refractivity contribution >= 4 is 12.4 Å². The highest BCUT2D eigenvalue weighted by Gasteiger charge is 2.42. The lowest BCUT2D eigenvalue weighted by molar-refractivity contribution is 0.176. The molecule has 3 unspecified atom stereocenters. The van der Waals surface area contributed by atoms with Crippen molar-refractivity contribution in [2.45, 2.75) is 18.3 Å². The van der Waals surface area contributed by atoms with E-state index in [1.165, 1.54) is 0 Å². The van der Waals surface area contributed by atoms with Crippen molar-refractivity contribution in [3.05, 3.63) is 30.3 Å². The number of rotatable bonds is 1. The van der Waals surface area contributed by atoms with E-state index < -0.39 is 19.0 Å². The lowest BCUT2D eigenvalue weighted by atomic mass is 10.3. The SMILES string of the molecule is NC1C(O)CCP1(=O)c1ccccc1. The quantitative estimate of drug-likeness (QED) is 0.673. The largest absolute Gasteiger partial charge is 0.391 e. The molecule has 1 saturated heterocycles. The number of benzene rings is 1. The Labute approximate surface area is 83.3 Å². The lowest BCUT2D eigenvalue weighted by Crippen LogP contribution is -2.31. The first-order chi connectivity index (χ1) is 6.64. The van der Waals surface area contributed by atoms with Crippen LogP contribution in [0.15, 0.2) is 30.3 Å². The third-order valence-electron chi connectivity index (χ3n) is 2.83. The van der Waals surface area contributed by atoms with Gasteiger partial charge < -0.3 is 15.4 Å². The third-order valence-corrected chi connectivity index (χ3v) is 6.23. The van der Waals surface area contributed by atoms with E-state index in [2.05, 4.69) is 0 Å². The fourth-order valence-electron chi connectivity index (χ4n) is 1.90. The topological polar surface area (TPSA) is 63.3 Å². The molecule has 0 aromatic heterocycles. The standard InChI is InChI=1S/C10H14NO2P/c11-10-9(12)6-7-14(10,13)8-4-2-1-3-5-8/h1-5,9-10,12H,6-7,11H2. The van der Waals surface area contributed by atoms with Gasteiger partial charge in [0.2, 0.25) is 0 Å². The molecule has 0 saturated carbocycles. The predicted molar refractivity (Wildman–Crippen MR) is 57.1 cm³/mol. The second-order valence-corrected chi connectivity index (χ2v) is 6.85. The van der Waals surface area contributed by atoms with E-state index in [0.717, 1.165) is 5.30 Å². The molecule has 0 radical (unpaired) electrons. The molecule has 1 aliphatic rings. The number of hydrogen-bond donors (Lipinski definition) is 2. The molecule has 1 heterocycles. The van der Waals surface area contributed by atoms with E-state index in [-0.39, 0.29) is 0 Å². The van der Waals surface area contributed by atoms with Crippen LogP contribution < -0.4 is 11.0 Å². The van der Waals surface area contributed by atoms with Crippen molar-refractivity contribution in [3.8, 4) is 0 Å². The minimum atomic E-state index is -2.54. The van der Waals surface area contributed by atoms with Gasteiger partial charge in [0.1, 0.15) is 7.14 Å². The molecule has 1 aliphatic heterocycles. The van der Waals surface area contributed by atoms with Crippen molar-refractivity contribution in [2.24, 2.45) is 5.73 Å². The molecule has 4 heteroatoms.